The lowest BCUT2D eigenvalue weighted by molar-refractivity contribution is -0.106. The minimum atomic E-state index is 0.495. The first-order valence-electron chi connectivity index (χ1n) is 8.56. The van der Waals surface area contributed by atoms with Gasteiger partial charge in [0.1, 0.15) is 0 Å². The fraction of sp³-hybridized carbons (Fsp3) is 1.00. The molecule has 3 rings (SSSR count). The Kier molecular flexibility index (Phi) is 3.89. The van der Waals surface area contributed by atoms with Crippen LogP contribution >= 0.6 is 0 Å². The van der Waals surface area contributed by atoms with Crippen molar-refractivity contribution in [1.29, 1.82) is 0 Å². The van der Waals surface area contributed by atoms with Gasteiger partial charge in [-0.25, -0.2) is 0 Å². The second-order valence-electron chi connectivity index (χ2n) is 8.57. The molecule has 3 heterocycles. The van der Waals surface area contributed by atoms with Gasteiger partial charge in [0.05, 0.1) is 0 Å². The highest BCUT2D eigenvalue weighted by Crippen LogP contribution is 2.42. The Bertz CT molecular complexity index is 330. The van der Waals surface area contributed by atoms with Gasteiger partial charge in [-0.05, 0) is 50.2 Å². The Labute approximate surface area is 125 Å². The van der Waals surface area contributed by atoms with Crippen molar-refractivity contribution in [3.63, 3.8) is 0 Å². The highest BCUT2D eigenvalue weighted by Gasteiger charge is 2.48. The van der Waals surface area contributed by atoms with Gasteiger partial charge >= 0.3 is 0 Å². The normalized spacial score (nSPS) is 29.4. The summed E-state index contributed by atoms with van der Waals surface area (Å²) in [6.07, 6.45) is 4.15. The standard InChI is InChI=1S/C17H33N3/c1-5-16(2,3)12-19-10-15(11-19)20-13-17(14-20)6-8-18(4)9-7-17/h15H,5-14H2,1-4H3. The predicted octanol–water partition coefficient (Wildman–Crippen LogP) is 2.13. The molecule has 0 unspecified atom stereocenters. The average Bonchev–Trinajstić information content (AvgIpc) is 2.33. The summed E-state index contributed by atoms with van der Waals surface area (Å²) in [5.41, 5.74) is 1.20. The largest absolute Gasteiger partial charge is 0.306 e. The van der Waals surface area contributed by atoms with E-state index in [-0.39, 0.29) is 0 Å². The van der Waals surface area contributed by atoms with Gasteiger partial charge in [0.25, 0.3) is 0 Å². The van der Waals surface area contributed by atoms with E-state index in [1.165, 1.54) is 65.1 Å². The second kappa shape index (κ2) is 5.26. The van der Waals surface area contributed by atoms with Gasteiger partial charge in [0, 0.05) is 38.8 Å². The van der Waals surface area contributed by atoms with Gasteiger partial charge in [-0.15, -0.1) is 0 Å². The summed E-state index contributed by atoms with van der Waals surface area (Å²) in [7, 11) is 2.27. The van der Waals surface area contributed by atoms with Gasteiger partial charge < -0.3 is 4.90 Å². The molecule has 3 aliphatic heterocycles. The zero-order chi connectivity index (χ0) is 14.4. The number of rotatable bonds is 4. The number of nitrogens with zero attached hydrogens (tertiary/aromatic N) is 3. The van der Waals surface area contributed by atoms with E-state index in [0.717, 1.165) is 6.04 Å². The molecule has 0 atom stereocenters. The molecular weight excluding hydrogens is 246 g/mol. The molecule has 0 aromatic rings. The number of hydrogen-bond donors (Lipinski definition) is 0. The van der Waals surface area contributed by atoms with Crippen LogP contribution in [0, 0.1) is 10.8 Å². The molecule has 116 valence electrons. The maximum Gasteiger partial charge on any atom is 0.0350 e. The molecule has 0 amide bonds. The van der Waals surface area contributed by atoms with Gasteiger partial charge in [-0.2, -0.15) is 0 Å². The molecule has 0 aromatic heterocycles. The first-order chi connectivity index (χ1) is 9.41. The second-order valence-corrected chi connectivity index (χ2v) is 8.57. The predicted molar refractivity (Wildman–Crippen MR) is 85.0 cm³/mol. The third-order valence-electron chi connectivity index (χ3n) is 6.19. The Hall–Kier alpha value is -0.120. The van der Waals surface area contributed by atoms with Crippen LogP contribution in [0.5, 0.6) is 0 Å². The van der Waals surface area contributed by atoms with Crippen molar-refractivity contribution in [2.45, 2.75) is 46.1 Å². The van der Waals surface area contributed by atoms with Crippen molar-refractivity contribution in [2.24, 2.45) is 10.8 Å². The molecule has 1 spiro atoms. The van der Waals surface area contributed by atoms with Crippen LogP contribution in [-0.2, 0) is 0 Å². The highest BCUT2D eigenvalue weighted by molar-refractivity contribution is 5.03. The SMILES string of the molecule is CCC(C)(C)CN1CC(N2CC3(CCN(C)CC3)C2)C1. The van der Waals surface area contributed by atoms with Gasteiger partial charge in [0.2, 0.25) is 0 Å². The topological polar surface area (TPSA) is 9.72 Å². The third kappa shape index (κ3) is 2.90. The summed E-state index contributed by atoms with van der Waals surface area (Å²) in [5.74, 6) is 0. The van der Waals surface area contributed by atoms with Crippen LogP contribution in [0.25, 0.3) is 0 Å². The van der Waals surface area contributed by atoms with Crippen molar-refractivity contribution in [3.8, 4) is 0 Å². The van der Waals surface area contributed by atoms with Crippen molar-refractivity contribution < 1.29 is 0 Å². The van der Waals surface area contributed by atoms with Gasteiger partial charge in [-0.1, -0.05) is 20.8 Å². The van der Waals surface area contributed by atoms with E-state index in [2.05, 4.69) is 42.5 Å². The van der Waals surface area contributed by atoms with Crippen LogP contribution in [-0.4, -0.2) is 73.6 Å². The molecule has 0 N–H and O–H groups in total. The highest BCUT2D eigenvalue weighted by atomic mass is 15.3. The summed E-state index contributed by atoms with van der Waals surface area (Å²) in [4.78, 5) is 7.92. The summed E-state index contributed by atoms with van der Waals surface area (Å²) in [5, 5.41) is 0. The minimum absolute atomic E-state index is 0.495. The van der Waals surface area contributed by atoms with E-state index in [1.807, 2.05) is 0 Å². The summed E-state index contributed by atoms with van der Waals surface area (Å²) < 4.78 is 0. The van der Waals surface area contributed by atoms with E-state index in [0.29, 0.717) is 10.8 Å². The summed E-state index contributed by atoms with van der Waals surface area (Å²) >= 11 is 0. The Morgan fingerprint density at radius 2 is 1.70 bits per heavy atom. The fourth-order valence-corrected chi connectivity index (χ4v) is 4.10. The molecule has 3 saturated heterocycles. The van der Waals surface area contributed by atoms with Crippen LogP contribution in [0.2, 0.25) is 0 Å². The van der Waals surface area contributed by atoms with Crippen LogP contribution in [0.3, 0.4) is 0 Å². The first kappa shape index (κ1) is 14.8. The molecule has 0 aromatic carbocycles. The average molecular weight is 279 g/mol. The van der Waals surface area contributed by atoms with E-state index in [9.17, 15) is 0 Å². The van der Waals surface area contributed by atoms with Crippen molar-refractivity contribution in [3.05, 3.63) is 0 Å². The van der Waals surface area contributed by atoms with Crippen LogP contribution < -0.4 is 0 Å². The van der Waals surface area contributed by atoms with Crippen molar-refractivity contribution >= 4 is 0 Å². The molecule has 20 heavy (non-hydrogen) atoms. The molecule has 3 heteroatoms. The van der Waals surface area contributed by atoms with Crippen molar-refractivity contribution in [1.82, 2.24) is 14.7 Å². The maximum atomic E-state index is 2.76. The zero-order valence-electron chi connectivity index (χ0n) is 14.0. The van der Waals surface area contributed by atoms with Gasteiger partial charge in [0.15, 0.2) is 0 Å². The zero-order valence-corrected chi connectivity index (χ0v) is 14.0. The van der Waals surface area contributed by atoms with Crippen LogP contribution in [0.1, 0.15) is 40.0 Å². The quantitative estimate of drug-likeness (QED) is 0.780. The maximum absolute atomic E-state index is 2.76. The lowest BCUT2D eigenvalue weighted by Crippen LogP contribution is -2.70. The van der Waals surface area contributed by atoms with Gasteiger partial charge in [-0.3, -0.25) is 9.80 Å². The summed E-state index contributed by atoms with van der Waals surface area (Å²) in [6.45, 7) is 16.4. The van der Waals surface area contributed by atoms with Crippen molar-refractivity contribution in [2.75, 3.05) is 52.9 Å². The fourth-order valence-electron chi connectivity index (χ4n) is 4.10. The molecule has 3 nitrogen and oxygen atoms in total. The summed E-state index contributed by atoms with van der Waals surface area (Å²) in [6, 6.07) is 0.868. The molecule has 3 fully saturated rings. The molecule has 0 saturated carbocycles. The minimum Gasteiger partial charge on any atom is -0.306 e. The lowest BCUT2D eigenvalue weighted by atomic mass is 9.71. The molecular formula is C17H33N3. The molecule has 0 bridgehead atoms. The first-order valence-corrected chi connectivity index (χ1v) is 8.56. The van der Waals surface area contributed by atoms with E-state index < -0.39 is 0 Å². The van der Waals surface area contributed by atoms with Crippen LogP contribution in [0.15, 0.2) is 0 Å². The lowest BCUT2D eigenvalue weighted by Gasteiger charge is -2.60. The van der Waals surface area contributed by atoms with E-state index in [1.54, 1.807) is 0 Å². The molecule has 3 aliphatic rings. The molecule has 0 aliphatic carbocycles. The van der Waals surface area contributed by atoms with E-state index >= 15 is 0 Å². The van der Waals surface area contributed by atoms with E-state index in [4.69, 9.17) is 0 Å². The Morgan fingerprint density at radius 1 is 1.10 bits per heavy atom. The Morgan fingerprint density at radius 3 is 2.25 bits per heavy atom. The Balaban J connectivity index is 1.38. The number of piperidine rings is 1. The smallest absolute Gasteiger partial charge is 0.0350 e. The monoisotopic (exact) mass is 279 g/mol. The number of likely N-dealkylation sites (tertiary alicyclic amines) is 3. The number of hydrogen-bond acceptors (Lipinski definition) is 3. The van der Waals surface area contributed by atoms with Crippen LogP contribution in [0.4, 0.5) is 0 Å². The molecule has 0 radical (unpaired) electrons. The third-order valence-corrected chi connectivity index (χ3v) is 6.19.